The predicted octanol–water partition coefficient (Wildman–Crippen LogP) is 3.29. The van der Waals surface area contributed by atoms with Gasteiger partial charge in [0, 0.05) is 0 Å². The first kappa shape index (κ1) is 11.6. The summed E-state index contributed by atoms with van der Waals surface area (Å²) in [6.07, 6.45) is 1.01. The number of rotatable bonds is 4. The van der Waals surface area contributed by atoms with E-state index in [1.54, 1.807) is 6.07 Å². The molecule has 80 valence electrons. The van der Waals surface area contributed by atoms with E-state index in [1.807, 2.05) is 19.1 Å². The van der Waals surface area contributed by atoms with Crippen LogP contribution in [0.4, 0.5) is 0 Å². The molecule has 0 saturated carbocycles. The zero-order valence-electron chi connectivity index (χ0n) is 9.58. The van der Waals surface area contributed by atoms with Gasteiger partial charge in [0.2, 0.25) is 0 Å². The van der Waals surface area contributed by atoms with Crippen LogP contribution in [0.25, 0.3) is 0 Å². The van der Waals surface area contributed by atoms with Gasteiger partial charge in [-0.2, -0.15) is 5.26 Å². The maximum Gasteiger partial charge on any atom is 0.137 e. The highest BCUT2D eigenvalue weighted by molar-refractivity contribution is 5.44. The Kier molecular flexibility index (Phi) is 4.17. The number of nitriles is 1. The van der Waals surface area contributed by atoms with Crippen molar-refractivity contribution in [1.29, 1.82) is 5.26 Å². The Balaban J connectivity index is 2.67. The number of aryl methyl sites for hydroxylation is 1. The monoisotopic (exact) mass is 203 g/mol. The lowest BCUT2D eigenvalue weighted by Gasteiger charge is -2.09. The minimum absolute atomic E-state index is 0.615. The van der Waals surface area contributed by atoms with Crippen LogP contribution in [0.2, 0.25) is 0 Å². The second-order valence-corrected chi connectivity index (χ2v) is 4.14. The smallest absolute Gasteiger partial charge is 0.137 e. The third-order valence-electron chi connectivity index (χ3n) is 2.21. The minimum atomic E-state index is 0.615. The van der Waals surface area contributed by atoms with Gasteiger partial charge in [-0.15, -0.1) is 0 Å². The summed E-state index contributed by atoms with van der Waals surface area (Å²) in [6, 6.07) is 7.78. The zero-order chi connectivity index (χ0) is 11.3. The molecule has 15 heavy (non-hydrogen) atoms. The summed E-state index contributed by atoms with van der Waals surface area (Å²) < 4.78 is 5.60. The fourth-order valence-electron chi connectivity index (χ4n) is 1.25. The molecule has 1 rings (SSSR count). The molecule has 0 atom stereocenters. The highest BCUT2D eigenvalue weighted by Gasteiger charge is 2.03. The van der Waals surface area contributed by atoms with Crippen molar-refractivity contribution in [3.63, 3.8) is 0 Å². The maximum absolute atomic E-state index is 8.89. The fourth-order valence-corrected chi connectivity index (χ4v) is 1.25. The fraction of sp³-hybridized carbons (Fsp3) is 0.462. The molecule has 0 aliphatic rings. The molecule has 0 saturated heterocycles. The van der Waals surface area contributed by atoms with Crippen LogP contribution in [-0.4, -0.2) is 6.61 Å². The number of nitrogens with zero attached hydrogens (tertiary/aromatic N) is 1. The van der Waals surface area contributed by atoms with Crippen molar-refractivity contribution < 1.29 is 4.74 Å². The average Bonchev–Trinajstić information content (AvgIpc) is 2.17. The van der Waals surface area contributed by atoms with Crippen LogP contribution in [0.1, 0.15) is 31.4 Å². The number of hydrogen-bond donors (Lipinski definition) is 0. The van der Waals surface area contributed by atoms with Gasteiger partial charge in [-0.3, -0.25) is 0 Å². The minimum Gasteiger partial charge on any atom is -0.492 e. The van der Waals surface area contributed by atoms with E-state index in [9.17, 15) is 0 Å². The van der Waals surface area contributed by atoms with Gasteiger partial charge in [0.25, 0.3) is 0 Å². The molecule has 0 unspecified atom stereocenters. The summed E-state index contributed by atoms with van der Waals surface area (Å²) in [5.41, 5.74) is 1.73. The van der Waals surface area contributed by atoms with Gasteiger partial charge < -0.3 is 4.74 Å². The largest absolute Gasteiger partial charge is 0.492 e. The lowest BCUT2D eigenvalue weighted by molar-refractivity contribution is 0.288. The van der Waals surface area contributed by atoms with Crippen LogP contribution in [0.15, 0.2) is 18.2 Å². The molecule has 0 bridgehead atoms. The summed E-state index contributed by atoms with van der Waals surface area (Å²) in [5, 5.41) is 8.89. The maximum atomic E-state index is 8.89. The standard InChI is InChI=1S/C13H17NO/c1-10(2)6-7-15-13-8-11(3)4-5-12(13)9-14/h4-5,8,10H,6-7H2,1-3H3. The molecule has 0 fully saturated rings. The van der Waals surface area contributed by atoms with Gasteiger partial charge in [0.1, 0.15) is 11.8 Å². The van der Waals surface area contributed by atoms with Crippen LogP contribution in [0.3, 0.4) is 0 Å². The molecule has 0 heterocycles. The summed E-state index contributed by atoms with van der Waals surface area (Å²) in [4.78, 5) is 0. The third-order valence-corrected chi connectivity index (χ3v) is 2.21. The summed E-state index contributed by atoms with van der Waals surface area (Å²) in [5.74, 6) is 1.33. The lowest BCUT2D eigenvalue weighted by atomic mass is 10.1. The van der Waals surface area contributed by atoms with E-state index in [0.29, 0.717) is 23.8 Å². The summed E-state index contributed by atoms with van der Waals surface area (Å²) >= 11 is 0. The molecular formula is C13H17NO. The number of benzene rings is 1. The normalized spacial score (nSPS) is 10.1. The number of hydrogen-bond acceptors (Lipinski definition) is 2. The SMILES string of the molecule is Cc1ccc(C#N)c(OCCC(C)C)c1. The first-order chi connectivity index (χ1) is 7.13. The molecule has 0 spiro atoms. The van der Waals surface area contributed by atoms with E-state index >= 15 is 0 Å². The quantitative estimate of drug-likeness (QED) is 0.752. The molecule has 1 aromatic rings. The second-order valence-electron chi connectivity index (χ2n) is 4.14. The Morgan fingerprint density at radius 1 is 1.40 bits per heavy atom. The zero-order valence-corrected chi connectivity index (χ0v) is 9.58. The Morgan fingerprint density at radius 2 is 2.13 bits per heavy atom. The van der Waals surface area contributed by atoms with Crippen molar-refractivity contribution in [2.45, 2.75) is 27.2 Å². The van der Waals surface area contributed by atoms with E-state index in [0.717, 1.165) is 12.0 Å². The second kappa shape index (κ2) is 5.41. The lowest BCUT2D eigenvalue weighted by Crippen LogP contribution is -2.02. The van der Waals surface area contributed by atoms with E-state index in [-0.39, 0.29) is 0 Å². The topological polar surface area (TPSA) is 33.0 Å². The molecule has 0 N–H and O–H groups in total. The van der Waals surface area contributed by atoms with Crippen molar-refractivity contribution >= 4 is 0 Å². The highest BCUT2D eigenvalue weighted by Crippen LogP contribution is 2.19. The highest BCUT2D eigenvalue weighted by atomic mass is 16.5. The van der Waals surface area contributed by atoms with E-state index in [4.69, 9.17) is 10.00 Å². The van der Waals surface area contributed by atoms with Crippen LogP contribution in [-0.2, 0) is 0 Å². The van der Waals surface area contributed by atoms with Crippen molar-refractivity contribution in [3.05, 3.63) is 29.3 Å². The van der Waals surface area contributed by atoms with Gasteiger partial charge in [0.05, 0.1) is 12.2 Å². The first-order valence-electron chi connectivity index (χ1n) is 5.27. The Morgan fingerprint density at radius 3 is 2.73 bits per heavy atom. The van der Waals surface area contributed by atoms with Gasteiger partial charge in [-0.1, -0.05) is 19.9 Å². The molecule has 2 heteroatoms. The Labute approximate surface area is 91.5 Å². The first-order valence-corrected chi connectivity index (χ1v) is 5.27. The average molecular weight is 203 g/mol. The van der Waals surface area contributed by atoms with Crippen LogP contribution >= 0.6 is 0 Å². The van der Waals surface area contributed by atoms with Gasteiger partial charge in [-0.25, -0.2) is 0 Å². The summed E-state index contributed by atoms with van der Waals surface area (Å²) in [7, 11) is 0. The molecule has 0 aliphatic carbocycles. The van der Waals surface area contributed by atoms with Gasteiger partial charge >= 0.3 is 0 Å². The van der Waals surface area contributed by atoms with E-state index < -0.39 is 0 Å². The molecule has 2 nitrogen and oxygen atoms in total. The van der Waals surface area contributed by atoms with Crippen molar-refractivity contribution in [3.8, 4) is 11.8 Å². The van der Waals surface area contributed by atoms with Gasteiger partial charge in [-0.05, 0) is 37.0 Å². The van der Waals surface area contributed by atoms with Crippen LogP contribution in [0, 0.1) is 24.2 Å². The van der Waals surface area contributed by atoms with Crippen LogP contribution in [0.5, 0.6) is 5.75 Å². The molecule has 0 amide bonds. The molecule has 0 radical (unpaired) electrons. The van der Waals surface area contributed by atoms with E-state index in [1.165, 1.54) is 0 Å². The van der Waals surface area contributed by atoms with Crippen molar-refractivity contribution in [1.82, 2.24) is 0 Å². The Hall–Kier alpha value is -1.49. The molecular weight excluding hydrogens is 186 g/mol. The van der Waals surface area contributed by atoms with Crippen molar-refractivity contribution in [2.24, 2.45) is 5.92 Å². The predicted molar refractivity (Wildman–Crippen MR) is 60.8 cm³/mol. The molecule has 0 aromatic heterocycles. The van der Waals surface area contributed by atoms with Gasteiger partial charge in [0.15, 0.2) is 0 Å². The molecule has 0 aliphatic heterocycles. The summed E-state index contributed by atoms with van der Waals surface area (Å²) in [6.45, 7) is 6.99. The van der Waals surface area contributed by atoms with Crippen LogP contribution < -0.4 is 4.74 Å². The number of ether oxygens (including phenoxy) is 1. The van der Waals surface area contributed by atoms with Crippen molar-refractivity contribution in [2.75, 3.05) is 6.61 Å². The molecule has 1 aromatic carbocycles. The van der Waals surface area contributed by atoms with E-state index in [2.05, 4.69) is 19.9 Å². The Bertz CT molecular complexity index is 363. The third kappa shape index (κ3) is 3.63.